The average Bonchev–Trinajstić information content (AvgIpc) is 2.78. The fraction of sp³-hybridized carbons (Fsp3) is 0.280. The number of carbonyl (C=O) groups excluding carboxylic acids is 2. The molecule has 0 N–H and O–H groups in total. The zero-order chi connectivity index (χ0) is 20.2. The number of hydrogen-bond donors (Lipinski definition) is 0. The maximum absolute atomic E-state index is 13.1. The van der Waals surface area contributed by atoms with Gasteiger partial charge in [0.25, 0.3) is 5.91 Å². The molecule has 1 aliphatic heterocycles. The molecule has 3 aromatic rings. The Morgan fingerprint density at radius 2 is 1.55 bits per heavy atom. The molecule has 0 bridgehead atoms. The van der Waals surface area contributed by atoms with Gasteiger partial charge in [0.05, 0.1) is 0 Å². The molecule has 0 atom stereocenters. The van der Waals surface area contributed by atoms with Gasteiger partial charge in [0.2, 0.25) is 5.91 Å². The first-order chi connectivity index (χ1) is 14.1. The Balaban J connectivity index is 1.38. The molecule has 0 aromatic heterocycles. The summed E-state index contributed by atoms with van der Waals surface area (Å²) >= 11 is 0. The second-order valence-electron chi connectivity index (χ2n) is 7.77. The Morgan fingerprint density at radius 1 is 0.897 bits per heavy atom. The van der Waals surface area contributed by atoms with Crippen molar-refractivity contribution in [3.8, 4) is 0 Å². The molecule has 148 valence electrons. The standard InChI is InChI=1S/C25H26N2O2/c1-26(18-19-8-3-2-4-9-19)24(28)21-14-16-27(17-15-21)25(29)23-13-7-11-20-10-5-6-12-22(20)23/h2-13,21H,14-18H2,1H3. The van der Waals surface area contributed by atoms with Crippen molar-refractivity contribution in [3.63, 3.8) is 0 Å². The Bertz CT molecular complexity index is 1000. The number of carbonyl (C=O) groups is 2. The number of likely N-dealkylation sites (tertiary alicyclic amines) is 1. The summed E-state index contributed by atoms with van der Waals surface area (Å²) in [5.74, 6) is 0.219. The van der Waals surface area contributed by atoms with E-state index in [1.54, 1.807) is 0 Å². The molecule has 3 aromatic carbocycles. The number of amides is 2. The second kappa shape index (κ2) is 8.48. The normalized spacial score (nSPS) is 14.7. The molecule has 0 radical (unpaired) electrons. The lowest BCUT2D eigenvalue weighted by Crippen LogP contribution is -2.43. The quantitative estimate of drug-likeness (QED) is 0.669. The van der Waals surface area contributed by atoms with E-state index in [1.807, 2.05) is 89.6 Å². The van der Waals surface area contributed by atoms with Crippen molar-refractivity contribution in [3.05, 3.63) is 83.9 Å². The highest BCUT2D eigenvalue weighted by Crippen LogP contribution is 2.24. The van der Waals surface area contributed by atoms with Crippen LogP contribution in [0.1, 0.15) is 28.8 Å². The van der Waals surface area contributed by atoms with Crippen LogP contribution in [0, 0.1) is 5.92 Å². The minimum Gasteiger partial charge on any atom is -0.341 e. The smallest absolute Gasteiger partial charge is 0.254 e. The van der Waals surface area contributed by atoms with Crippen LogP contribution in [0.4, 0.5) is 0 Å². The molecule has 4 nitrogen and oxygen atoms in total. The van der Waals surface area contributed by atoms with Crippen molar-refractivity contribution in [2.24, 2.45) is 5.92 Å². The number of hydrogen-bond acceptors (Lipinski definition) is 2. The van der Waals surface area contributed by atoms with E-state index < -0.39 is 0 Å². The lowest BCUT2D eigenvalue weighted by atomic mass is 9.94. The van der Waals surface area contributed by atoms with Crippen molar-refractivity contribution in [1.82, 2.24) is 9.80 Å². The molecule has 1 aliphatic rings. The summed E-state index contributed by atoms with van der Waals surface area (Å²) in [7, 11) is 1.86. The minimum absolute atomic E-state index is 0.0136. The van der Waals surface area contributed by atoms with Crippen LogP contribution >= 0.6 is 0 Å². The van der Waals surface area contributed by atoms with E-state index in [0.29, 0.717) is 32.5 Å². The first-order valence-corrected chi connectivity index (χ1v) is 10.2. The van der Waals surface area contributed by atoms with Gasteiger partial charge in [-0.2, -0.15) is 0 Å². The van der Waals surface area contributed by atoms with Gasteiger partial charge in [-0.05, 0) is 35.2 Å². The maximum atomic E-state index is 13.1. The van der Waals surface area contributed by atoms with Gasteiger partial charge >= 0.3 is 0 Å². The van der Waals surface area contributed by atoms with E-state index >= 15 is 0 Å². The zero-order valence-electron chi connectivity index (χ0n) is 16.8. The monoisotopic (exact) mass is 386 g/mol. The Morgan fingerprint density at radius 3 is 2.31 bits per heavy atom. The summed E-state index contributed by atoms with van der Waals surface area (Å²) in [5.41, 5.74) is 1.88. The first kappa shape index (κ1) is 19.2. The van der Waals surface area contributed by atoms with Crippen LogP contribution in [0.2, 0.25) is 0 Å². The van der Waals surface area contributed by atoms with Gasteiger partial charge in [0.15, 0.2) is 0 Å². The van der Waals surface area contributed by atoms with Crippen molar-refractivity contribution >= 4 is 22.6 Å². The first-order valence-electron chi connectivity index (χ1n) is 10.2. The topological polar surface area (TPSA) is 40.6 Å². The predicted octanol–water partition coefficient (Wildman–Crippen LogP) is 4.35. The fourth-order valence-corrected chi connectivity index (χ4v) is 4.16. The molecule has 0 unspecified atom stereocenters. The van der Waals surface area contributed by atoms with E-state index in [-0.39, 0.29) is 17.7 Å². The van der Waals surface area contributed by atoms with Crippen LogP contribution in [0.25, 0.3) is 10.8 Å². The summed E-state index contributed by atoms with van der Waals surface area (Å²) in [6, 6.07) is 23.9. The molecule has 29 heavy (non-hydrogen) atoms. The number of fused-ring (bicyclic) bond motifs is 1. The van der Waals surface area contributed by atoms with Gasteiger partial charge in [-0.25, -0.2) is 0 Å². The summed E-state index contributed by atoms with van der Waals surface area (Å²) in [6.45, 7) is 1.87. The Hall–Kier alpha value is -3.14. The highest BCUT2D eigenvalue weighted by Gasteiger charge is 2.29. The van der Waals surface area contributed by atoms with E-state index in [9.17, 15) is 9.59 Å². The number of nitrogens with zero attached hydrogens (tertiary/aromatic N) is 2. The molecule has 0 spiro atoms. The summed E-state index contributed by atoms with van der Waals surface area (Å²) in [5, 5.41) is 2.06. The second-order valence-corrected chi connectivity index (χ2v) is 7.77. The van der Waals surface area contributed by atoms with Gasteiger partial charge in [0, 0.05) is 38.2 Å². The third kappa shape index (κ3) is 4.16. The molecule has 4 heteroatoms. The SMILES string of the molecule is CN(Cc1ccccc1)C(=O)C1CCN(C(=O)c2cccc3ccccc23)CC1. The Labute approximate surface area is 171 Å². The minimum atomic E-state index is -0.0136. The van der Waals surface area contributed by atoms with E-state index in [0.717, 1.165) is 21.9 Å². The van der Waals surface area contributed by atoms with Crippen LogP contribution in [0.5, 0.6) is 0 Å². The maximum Gasteiger partial charge on any atom is 0.254 e. The van der Waals surface area contributed by atoms with Gasteiger partial charge in [-0.15, -0.1) is 0 Å². The Kier molecular flexibility index (Phi) is 5.61. The molecule has 1 fully saturated rings. The van der Waals surface area contributed by atoms with E-state index in [4.69, 9.17) is 0 Å². The molecule has 4 rings (SSSR count). The fourth-order valence-electron chi connectivity index (χ4n) is 4.16. The summed E-state index contributed by atoms with van der Waals surface area (Å²) < 4.78 is 0. The largest absolute Gasteiger partial charge is 0.341 e. The van der Waals surface area contributed by atoms with Crippen LogP contribution < -0.4 is 0 Å². The van der Waals surface area contributed by atoms with Gasteiger partial charge < -0.3 is 9.80 Å². The van der Waals surface area contributed by atoms with E-state index in [1.165, 1.54) is 0 Å². The van der Waals surface area contributed by atoms with Crippen LogP contribution in [0.3, 0.4) is 0 Å². The third-order valence-electron chi connectivity index (χ3n) is 5.79. The molecule has 0 aliphatic carbocycles. The molecule has 1 saturated heterocycles. The summed E-state index contributed by atoms with van der Waals surface area (Å²) in [4.78, 5) is 29.6. The lowest BCUT2D eigenvalue weighted by molar-refractivity contribution is -0.136. The van der Waals surface area contributed by atoms with Crippen molar-refractivity contribution in [2.75, 3.05) is 20.1 Å². The van der Waals surface area contributed by atoms with Crippen LogP contribution in [-0.2, 0) is 11.3 Å². The van der Waals surface area contributed by atoms with Crippen LogP contribution in [0.15, 0.2) is 72.8 Å². The van der Waals surface area contributed by atoms with Gasteiger partial charge in [-0.1, -0.05) is 66.7 Å². The predicted molar refractivity (Wildman–Crippen MR) is 115 cm³/mol. The number of rotatable bonds is 4. The van der Waals surface area contributed by atoms with Crippen LogP contribution in [-0.4, -0.2) is 41.8 Å². The van der Waals surface area contributed by atoms with Gasteiger partial charge in [0.1, 0.15) is 0 Å². The van der Waals surface area contributed by atoms with Crippen molar-refractivity contribution in [1.29, 1.82) is 0 Å². The third-order valence-corrected chi connectivity index (χ3v) is 5.79. The van der Waals surface area contributed by atoms with Crippen molar-refractivity contribution in [2.45, 2.75) is 19.4 Å². The highest BCUT2D eigenvalue weighted by molar-refractivity contribution is 6.07. The lowest BCUT2D eigenvalue weighted by Gasteiger charge is -2.33. The zero-order valence-corrected chi connectivity index (χ0v) is 16.8. The molecular weight excluding hydrogens is 360 g/mol. The average molecular weight is 386 g/mol. The van der Waals surface area contributed by atoms with Crippen molar-refractivity contribution < 1.29 is 9.59 Å². The molecule has 0 saturated carbocycles. The number of benzene rings is 3. The highest BCUT2D eigenvalue weighted by atomic mass is 16.2. The molecular formula is C25H26N2O2. The van der Waals surface area contributed by atoms with Gasteiger partial charge in [-0.3, -0.25) is 9.59 Å². The summed E-state index contributed by atoms with van der Waals surface area (Å²) in [6.07, 6.45) is 1.43. The number of piperidine rings is 1. The molecule has 1 heterocycles. The van der Waals surface area contributed by atoms with E-state index in [2.05, 4.69) is 0 Å². The molecule has 2 amide bonds.